The van der Waals surface area contributed by atoms with Gasteiger partial charge in [-0.1, -0.05) is 63.3 Å². The Kier molecular flexibility index (Phi) is 21.9. The molecule has 5 aliphatic rings. The number of aromatic carboxylic acids is 1. The molecule has 26 nitrogen and oxygen atoms in total. The molecule has 3 unspecified atom stereocenters. The Hall–Kier alpha value is -9.17. The van der Waals surface area contributed by atoms with Gasteiger partial charge in [0, 0.05) is 105 Å². The quantitative estimate of drug-likeness (QED) is 0.0151. The number of hydrogen-bond donors (Lipinski definition) is 8. The Bertz CT molecular complexity index is 3940. The number of aliphatic hydroxyl groups excluding tert-OH is 2. The number of alkyl carbamates (subject to hydrolysis) is 1. The van der Waals surface area contributed by atoms with Crippen molar-refractivity contribution < 1.29 is 77.7 Å². The number of nitriles is 1. The third kappa shape index (κ3) is 17.2. The van der Waals surface area contributed by atoms with Crippen molar-refractivity contribution in [2.45, 2.75) is 136 Å². The van der Waals surface area contributed by atoms with Gasteiger partial charge in [0.2, 0.25) is 5.91 Å². The van der Waals surface area contributed by atoms with Crippen LogP contribution in [0.1, 0.15) is 134 Å². The maximum atomic E-state index is 13.9. The van der Waals surface area contributed by atoms with Gasteiger partial charge >= 0.3 is 18.0 Å². The standard InChI is InChI=1S/C70H82N10O16S/c1-41(48(32-72)46-14-15-56(77-60(46)64(89)90)79-22-18-45-43(31-71)12-13-47(49(45)33-79)62(86)78-65-76-50-8-6-7-9-55(50)97-65)75-40-69(5)37-68(4)35-67(2,3)36-70(38-68,39-69)95-25-21-74-66(91)94-34-44-11-10-42(29-53-61(85)51(81)30-54(96-53)63(87)88)28-52(44)93-27-26-92-24-20-73-57(82)19-23-80-58(83)16-17-59(80)84/h6-17,28,32,51,53-54,61,81,85H,18-27,29-30,33-40,72H2,1-5H3,(H,73,82)(H,74,91)(H,87,88)(H,89,90)(H,76,78,86)/t51-,53-,54-,61-,68?,69?,70?/m0/s1. The second kappa shape index (κ2) is 30.1. The first-order valence-electron chi connectivity index (χ1n) is 32.3. The van der Waals surface area contributed by atoms with Crippen LogP contribution in [0.15, 0.2) is 90.1 Å². The Morgan fingerprint density at radius 1 is 0.887 bits per heavy atom. The van der Waals surface area contributed by atoms with Crippen molar-refractivity contribution in [1.82, 2.24) is 25.5 Å². The zero-order valence-corrected chi connectivity index (χ0v) is 55.7. The van der Waals surface area contributed by atoms with Gasteiger partial charge in [-0.3, -0.25) is 34.4 Å². The van der Waals surface area contributed by atoms with Crippen molar-refractivity contribution >= 4 is 85.4 Å². The highest BCUT2D eigenvalue weighted by molar-refractivity contribution is 7.22. The number of allylic oxidation sites excluding steroid dienone is 1. The molecule has 10 rings (SSSR count). The van der Waals surface area contributed by atoms with Crippen LogP contribution in [-0.4, -0.2) is 172 Å². The highest BCUT2D eigenvalue weighted by Gasteiger charge is 2.58. The SMILES string of the molecule is CC(=NCC1(C)CC2(C)CC(C)(C)CC(OCCNC(=O)OCc3ccc(C[C@@H]4O[C@H](C(=O)O)C[C@H](O)[C@@H]4O)cc3OCCOCCNC(=O)CCN3C(=O)C=CC3=O)(C1)C2)C(=CN)c1ccc(N2CCc3c(C#N)ccc(C(=O)Nc4nc5ccccc5s4)c3C2)nc1C(=O)O. The molecule has 3 aromatic carbocycles. The first kappa shape index (κ1) is 70.6. The zero-order chi connectivity index (χ0) is 69.4. The molecule has 3 fully saturated rings. The van der Waals surface area contributed by atoms with Crippen LogP contribution in [0.4, 0.5) is 15.7 Å². The van der Waals surface area contributed by atoms with Gasteiger partial charge in [-0.15, -0.1) is 0 Å². The molecule has 2 bridgehead atoms. The van der Waals surface area contributed by atoms with Gasteiger partial charge in [0.15, 0.2) is 16.9 Å². The first-order chi connectivity index (χ1) is 46.2. The fourth-order valence-corrected chi connectivity index (χ4v) is 16.0. The van der Waals surface area contributed by atoms with E-state index in [9.17, 15) is 59.2 Å². The summed E-state index contributed by atoms with van der Waals surface area (Å²) in [5.74, 6) is -3.58. The van der Waals surface area contributed by atoms with Crippen molar-refractivity contribution in [3.63, 3.8) is 0 Å². The van der Waals surface area contributed by atoms with Gasteiger partial charge in [0.25, 0.3) is 17.7 Å². The zero-order valence-electron chi connectivity index (χ0n) is 54.9. The van der Waals surface area contributed by atoms with Crippen LogP contribution in [0, 0.1) is 27.6 Å². The number of amides is 5. The summed E-state index contributed by atoms with van der Waals surface area (Å²) in [5.41, 5.74) is 10.2. The number of carbonyl (C=O) groups is 7. The number of aliphatic carboxylic acids is 1. The molecule has 2 saturated carbocycles. The van der Waals surface area contributed by atoms with Crippen LogP contribution >= 0.6 is 11.3 Å². The Labute approximate surface area is 564 Å². The van der Waals surface area contributed by atoms with Gasteiger partial charge in [-0.25, -0.2) is 24.4 Å². The molecule has 27 heteroatoms. The molecule has 5 aromatic rings. The summed E-state index contributed by atoms with van der Waals surface area (Å²) in [6, 6.07) is 21.5. The van der Waals surface area contributed by atoms with Crippen LogP contribution in [0.5, 0.6) is 5.75 Å². The maximum Gasteiger partial charge on any atom is 0.407 e. The highest BCUT2D eigenvalue weighted by atomic mass is 32.1. The number of aliphatic hydroxyl groups is 2. The van der Waals surface area contributed by atoms with Gasteiger partial charge in [-0.05, 0) is 121 Å². The summed E-state index contributed by atoms with van der Waals surface area (Å²) in [7, 11) is 0. The summed E-state index contributed by atoms with van der Waals surface area (Å²) >= 11 is 1.35. The number of ether oxygens (including phenoxy) is 5. The number of para-hydroxylation sites is 1. The lowest BCUT2D eigenvalue weighted by Gasteiger charge is -2.61. The summed E-state index contributed by atoms with van der Waals surface area (Å²) in [6.07, 6.45) is 1.91. The van der Waals surface area contributed by atoms with E-state index >= 15 is 0 Å². The normalized spacial score (nSPS) is 23.7. The van der Waals surface area contributed by atoms with E-state index in [1.807, 2.05) is 29.2 Å². The number of pyridine rings is 1. The molecule has 7 atom stereocenters. The smallest absolute Gasteiger partial charge is 0.407 e. The molecule has 2 aliphatic carbocycles. The van der Waals surface area contributed by atoms with Crippen LogP contribution in [0.3, 0.4) is 0 Å². The number of rotatable bonds is 27. The third-order valence-corrected chi connectivity index (χ3v) is 19.3. The number of hydrogen-bond acceptors (Lipinski definition) is 21. The van der Waals surface area contributed by atoms with E-state index in [1.165, 1.54) is 17.5 Å². The third-order valence-electron chi connectivity index (χ3n) is 18.4. The van der Waals surface area contributed by atoms with E-state index in [1.54, 1.807) is 49.4 Å². The predicted octanol–water partition coefficient (Wildman–Crippen LogP) is 6.87. The van der Waals surface area contributed by atoms with E-state index in [2.05, 4.69) is 54.7 Å². The molecule has 0 spiro atoms. The van der Waals surface area contributed by atoms with E-state index in [4.69, 9.17) is 39.4 Å². The number of carboxylic acids is 2. The average Bonchev–Trinajstić information content (AvgIpc) is 1.31. The van der Waals surface area contributed by atoms with Crippen LogP contribution in [-0.2, 0) is 64.1 Å². The van der Waals surface area contributed by atoms with Crippen molar-refractivity contribution in [3.05, 3.63) is 130 Å². The molecule has 1 saturated heterocycles. The molecule has 0 radical (unpaired) electrons. The van der Waals surface area contributed by atoms with E-state index in [0.29, 0.717) is 81.7 Å². The largest absolute Gasteiger partial charge is 0.491 e. The lowest BCUT2D eigenvalue weighted by molar-refractivity contribution is -0.189. The molecule has 514 valence electrons. The van der Waals surface area contributed by atoms with Crippen molar-refractivity contribution in [3.8, 4) is 11.8 Å². The van der Waals surface area contributed by atoms with Gasteiger partial charge in [-0.2, -0.15) is 5.26 Å². The summed E-state index contributed by atoms with van der Waals surface area (Å²) in [4.78, 5) is 105. The van der Waals surface area contributed by atoms with Gasteiger partial charge in [0.1, 0.15) is 30.9 Å². The van der Waals surface area contributed by atoms with Crippen LogP contribution in [0.25, 0.3) is 15.8 Å². The number of carbonyl (C=O) groups excluding carboxylic acids is 5. The summed E-state index contributed by atoms with van der Waals surface area (Å²) in [6.45, 7) is 12.1. The first-order valence-corrected chi connectivity index (χ1v) is 33.1. The Morgan fingerprint density at radius 2 is 1.65 bits per heavy atom. The minimum atomic E-state index is -1.36. The second-order valence-corrected chi connectivity index (χ2v) is 28.1. The number of fused-ring (bicyclic) bond motifs is 4. The molecule has 3 aliphatic heterocycles. The fourth-order valence-electron chi connectivity index (χ4n) is 15.1. The molecule has 5 amide bonds. The molecular formula is C70H82N10O16S. The summed E-state index contributed by atoms with van der Waals surface area (Å²) in [5, 5.41) is 60.4. The minimum absolute atomic E-state index is 0.0117. The monoisotopic (exact) mass is 1350 g/mol. The highest BCUT2D eigenvalue weighted by Crippen LogP contribution is 2.63. The number of aliphatic imine (C=N–C) groups is 1. The van der Waals surface area contributed by atoms with Crippen molar-refractivity contribution in [2.75, 3.05) is 69.4 Å². The fraction of sp³-hybridized carbons (Fsp3) is 0.471. The lowest BCUT2D eigenvalue weighted by atomic mass is 9.48. The number of anilines is 2. The van der Waals surface area contributed by atoms with E-state index in [0.717, 1.165) is 58.5 Å². The van der Waals surface area contributed by atoms with Crippen LogP contribution < -0.4 is 31.3 Å². The number of aromatic nitrogens is 2. The Morgan fingerprint density at radius 3 is 2.39 bits per heavy atom. The number of nitrogens with two attached hydrogens (primary N) is 1. The van der Waals surface area contributed by atoms with Crippen molar-refractivity contribution in [1.29, 1.82) is 5.26 Å². The minimum Gasteiger partial charge on any atom is -0.491 e. The number of thiazole rings is 1. The second-order valence-electron chi connectivity index (χ2n) is 27.1. The molecule has 9 N–H and O–H groups in total. The van der Waals surface area contributed by atoms with Gasteiger partial charge in [0.05, 0.1) is 59.5 Å². The summed E-state index contributed by atoms with van der Waals surface area (Å²) < 4.78 is 31.0. The Balaban J connectivity index is 0.750. The lowest BCUT2D eigenvalue weighted by Crippen LogP contribution is -2.57. The van der Waals surface area contributed by atoms with E-state index < -0.39 is 59.9 Å². The predicted molar refractivity (Wildman–Crippen MR) is 358 cm³/mol. The van der Waals surface area contributed by atoms with Gasteiger partial charge < -0.3 is 65.4 Å². The number of nitrogens with one attached hydrogen (secondary N) is 3. The maximum absolute atomic E-state index is 13.9. The number of imide groups is 1. The van der Waals surface area contributed by atoms with E-state index in [-0.39, 0.29) is 118 Å². The molecular weight excluding hydrogens is 1270 g/mol. The number of benzene rings is 3. The number of nitrogens with zero attached hydrogens (tertiary/aromatic N) is 6. The molecule has 5 heterocycles. The van der Waals surface area contributed by atoms with Crippen LogP contribution in [0.2, 0.25) is 0 Å². The number of carboxylic acid groups (broad SMARTS) is 2. The molecule has 97 heavy (non-hydrogen) atoms. The molecule has 2 aromatic heterocycles. The topological polar surface area (TPSA) is 377 Å². The van der Waals surface area contributed by atoms with Crippen molar-refractivity contribution in [2.24, 2.45) is 27.0 Å². The average molecular weight is 1350 g/mol.